The largest absolute Gasteiger partial charge is 0.373 e. The van der Waals surface area contributed by atoms with Crippen LogP contribution in [0.3, 0.4) is 0 Å². The van der Waals surface area contributed by atoms with Gasteiger partial charge in [0.25, 0.3) is 0 Å². The monoisotopic (exact) mass is 251 g/mol. The van der Waals surface area contributed by atoms with Crippen LogP contribution >= 0.6 is 0 Å². The van der Waals surface area contributed by atoms with Crippen molar-refractivity contribution >= 4 is 0 Å². The molecular formula is C15H22FNO. The van der Waals surface area contributed by atoms with E-state index in [0.717, 1.165) is 25.1 Å². The molecule has 0 radical (unpaired) electrons. The second-order valence-electron chi connectivity index (χ2n) is 5.41. The lowest BCUT2D eigenvalue weighted by Crippen LogP contribution is -2.30. The molecule has 1 aliphatic heterocycles. The minimum Gasteiger partial charge on any atom is -0.373 e. The quantitative estimate of drug-likeness (QED) is 0.887. The van der Waals surface area contributed by atoms with E-state index in [-0.39, 0.29) is 11.9 Å². The summed E-state index contributed by atoms with van der Waals surface area (Å²) in [5, 5.41) is 3.46. The van der Waals surface area contributed by atoms with E-state index in [1.807, 2.05) is 12.1 Å². The highest BCUT2D eigenvalue weighted by atomic mass is 19.1. The van der Waals surface area contributed by atoms with E-state index >= 15 is 0 Å². The van der Waals surface area contributed by atoms with Crippen molar-refractivity contribution in [3.63, 3.8) is 0 Å². The third-order valence-corrected chi connectivity index (χ3v) is 3.51. The maximum atomic E-state index is 13.3. The Hall–Kier alpha value is -0.930. The highest BCUT2D eigenvalue weighted by Crippen LogP contribution is 2.34. The van der Waals surface area contributed by atoms with Crippen LogP contribution < -0.4 is 5.32 Å². The summed E-state index contributed by atoms with van der Waals surface area (Å²) in [5.41, 5.74) is 1.79. The van der Waals surface area contributed by atoms with E-state index in [9.17, 15) is 4.39 Å². The van der Waals surface area contributed by atoms with Gasteiger partial charge in [-0.05, 0) is 30.5 Å². The van der Waals surface area contributed by atoms with Gasteiger partial charge in [-0.1, -0.05) is 26.0 Å². The molecule has 2 nitrogen and oxygen atoms in total. The molecule has 100 valence electrons. The minimum absolute atomic E-state index is 0.107. The zero-order valence-electron chi connectivity index (χ0n) is 11.4. The lowest BCUT2D eigenvalue weighted by molar-refractivity contribution is 0.0900. The summed E-state index contributed by atoms with van der Waals surface area (Å²) in [5.74, 6) is 0.339. The predicted molar refractivity (Wildman–Crippen MR) is 71.1 cm³/mol. The van der Waals surface area contributed by atoms with Crippen molar-refractivity contribution in [2.75, 3.05) is 13.2 Å². The van der Waals surface area contributed by atoms with Crippen LogP contribution in [0.5, 0.6) is 0 Å². The van der Waals surface area contributed by atoms with Crippen LogP contribution in [-0.4, -0.2) is 19.2 Å². The first-order valence-corrected chi connectivity index (χ1v) is 6.69. The topological polar surface area (TPSA) is 21.3 Å². The smallest absolute Gasteiger partial charge is 0.126 e. The van der Waals surface area contributed by atoms with Gasteiger partial charge in [-0.3, -0.25) is 0 Å². The number of ether oxygens (including phenoxy) is 1. The van der Waals surface area contributed by atoms with Gasteiger partial charge < -0.3 is 10.1 Å². The Balaban J connectivity index is 2.08. The molecule has 1 saturated heterocycles. The fourth-order valence-electron chi connectivity index (χ4n) is 2.44. The van der Waals surface area contributed by atoms with Gasteiger partial charge in [0.05, 0.1) is 6.10 Å². The van der Waals surface area contributed by atoms with Gasteiger partial charge in [-0.15, -0.1) is 0 Å². The van der Waals surface area contributed by atoms with Crippen LogP contribution in [0.25, 0.3) is 0 Å². The summed E-state index contributed by atoms with van der Waals surface area (Å²) in [6, 6.07) is 5.79. The summed E-state index contributed by atoms with van der Waals surface area (Å²) < 4.78 is 19.1. The average Bonchev–Trinajstić information content (AvgIpc) is 2.78. The fourth-order valence-corrected chi connectivity index (χ4v) is 2.44. The number of aryl methyl sites for hydroxylation is 1. The number of halogens is 1. The molecule has 1 N–H and O–H groups in total. The first-order valence-electron chi connectivity index (χ1n) is 6.69. The lowest BCUT2D eigenvalue weighted by atomic mass is 9.94. The maximum Gasteiger partial charge on any atom is 0.126 e. The summed E-state index contributed by atoms with van der Waals surface area (Å²) in [6.45, 7) is 7.85. The molecule has 1 aromatic rings. The number of hydrogen-bond donors (Lipinski definition) is 1. The molecule has 2 atom stereocenters. The molecule has 0 aliphatic carbocycles. The number of hydrogen-bond acceptors (Lipinski definition) is 2. The zero-order chi connectivity index (χ0) is 13.1. The molecule has 3 heteroatoms. The Morgan fingerprint density at radius 1 is 1.44 bits per heavy atom. The van der Waals surface area contributed by atoms with Gasteiger partial charge >= 0.3 is 0 Å². The van der Waals surface area contributed by atoms with Gasteiger partial charge in [0, 0.05) is 25.1 Å². The van der Waals surface area contributed by atoms with Gasteiger partial charge in [-0.2, -0.15) is 0 Å². The van der Waals surface area contributed by atoms with Gasteiger partial charge in [-0.25, -0.2) is 4.39 Å². The summed E-state index contributed by atoms with van der Waals surface area (Å²) in [6.07, 6.45) is 1.18. The van der Waals surface area contributed by atoms with Gasteiger partial charge in [0.2, 0.25) is 0 Å². The molecule has 1 aromatic carbocycles. The van der Waals surface area contributed by atoms with Crippen LogP contribution in [0.1, 0.15) is 37.5 Å². The predicted octanol–water partition coefficient (Wildman–Crippen LogP) is 3.21. The van der Waals surface area contributed by atoms with Crippen LogP contribution in [0, 0.1) is 18.7 Å². The fraction of sp³-hybridized carbons (Fsp3) is 0.600. The van der Waals surface area contributed by atoms with E-state index < -0.39 is 0 Å². The zero-order valence-corrected chi connectivity index (χ0v) is 11.4. The van der Waals surface area contributed by atoms with Crippen LogP contribution in [0.4, 0.5) is 4.39 Å². The molecule has 2 unspecified atom stereocenters. The molecule has 18 heavy (non-hydrogen) atoms. The highest BCUT2D eigenvalue weighted by Gasteiger charge is 2.29. The summed E-state index contributed by atoms with van der Waals surface area (Å²) in [4.78, 5) is 0. The summed E-state index contributed by atoms with van der Waals surface area (Å²) in [7, 11) is 0. The van der Waals surface area contributed by atoms with Crippen molar-refractivity contribution in [1.82, 2.24) is 5.32 Å². The van der Waals surface area contributed by atoms with Crippen LogP contribution in [0.2, 0.25) is 0 Å². The molecular weight excluding hydrogens is 229 g/mol. The van der Waals surface area contributed by atoms with E-state index in [1.54, 1.807) is 13.0 Å². The number of nitrogens with one attached hydrogen (secondary N) is 1. The molecule has 2 rings (SSSR count). The Morgan fingerprint density at radius 3 is 2.89 bits per heavy atom. The van der Waals surface area contributed by atoms with Crippen molar-refractivity contribution in [1.29, 1.82) is 0 Å². The van der Waals surface area contributed by atoms with Crippen molar-refractivity contribution in [3.8, 4) is 0 Å². The molecule has 1 aliphatic rings. The second kappa shape index (κ2) is 5.81. The van der Waals surface area contributed by atoms with Crippen molar-refractivity contribution in [3.05, 3.63) is 35.1 Å². The maximum absolute atomic E-state index is 13.3. The van der Waals surface area contributed by atoms with Crippen LogP contribution in [-0.2, 0) is 4.74 Å². The second-order valence-corrected chi connectivity index (χ2v) is 5.41. The Morgan fingerprint density at radius 2 is 2.22 bits per heavy atom. The van der Waals surface area contributed by atoms with E-state index in [4.69, 9.17) is 4.74 Å². The van der Waals surface area contributed by atoms with E-state index in [0.29, 0.717) is 17.5 Å². The first kappa shape index (κ1) is 13.5. The van der Waals surface area contributed by atoms with Crippen LogP contribution in [0.15, 0.2) is 18.2 Å². The first-order chi connectivity index (χ1) is 8.58. The average molecular weight is 251 g/mol. The third kappa shape index (κ3) is 3.09. The SMILES string of the molecule is Cc1cc(C2OCCC2CNC(C)C)ccc1F. The van der Waals surface area contributed by atoms with E-state index in [1.165, 1.54) is 0 Å². The molecule has 0 spiro atoms. The van der Waals surface area contributed by atoms with Gasteiger partial charge in [0.15, 0.2) is 0 Å². The molecule has 1 fully saturated rings. The number of rotatable bonds is 4. The molecule has 0 aromatic heterocycles. The Kier molecular flexibility index (Phi) is 4.36. The van der Waals surface area contributed by atoms with Crippen molar-refractivity contribution < 1.29 is 9.13 Å². The van der Waals surface area contributed by atoms with Gasteiger partial charge in [0.1, 0.15) is 5.82 Å². The highest BCUT2D eigenvalue weighted by molar-refractivity contribution is 5.26. The lowest BCUT2D eigenvalue weighted by Gasteiger charge is -2.21. The van der Waals surface area contributed by atoms with Crippen molar-refractivity contribution in [2.24, 2.45) is 5.92 Å². The number of benzene rings is 1. The molecule has 0 bridgehead atoms. The van der Waals surface area contributed by atoms with E-state index in [2.05, 4.69) is 19.2 Å². The third-order valence-electron chi connectivity index (χ3n) is 3.51. The standard InChI is InChI=1S/C15H22FNO/c1-10(2)17-9-13-6-7-18-15(13)12-4-5-14(16)11(3)8-12/h4-5,8,10,13,15,17H,6-7,9H2,1-3H3. The Labute approximate surface area is 109 Å². The molecule has 0 saturated carbocycles. The summed E-state index contributed by atoms with van der Waals surface area (Å²) >= 11 is 0. The van der Waals surface area contributed by atoms with Crippen molar-refractivity contribution in [2.45, 2.75) is 39.3 Å². The normalized spacial score (nSPS) is 23.8. The minimum atomic E-state index is -0.145. The molecule has 1 heterocycles. The molecule has 0 amide bonds. The Bertz CT molecular complexity index is 405.